The van der Waals surface area contributed by atoms with Crippen LogP contribution in [0.5, 0.6) is 11.5 Å². The van der Waals surface area contributed by atoms with Gasteiger partial charge in [0.15, 0.2) is 0 Å². The fourth-order valence-corrected chi connectivity index (χ4v) is 7.01. The number of rotatable bonds is 9. The van der Waals surface area contributed by atoms with Crippen molar-refractivity contribution in [2.24, 2.45) is 23.2 Å². The van der Waals surface area contributed by atoms with E-state index < -0.39 is 6.10 Å². The van der Waals surface area contributed by atoms with Crippen molar-refractivity contribution in [3.8, 4) is 11.5 Å². The largest absolute Gasteiger partial charge is 0.462 e. The zero-order valence-corrected chi connectivity index (χ0v) is 20.4. The van der Waals surface area contributed by atoms with Gasteiger partial charge < -0.3 is 19.9 Å². The molecule has 0 spiro atoms. The first-order valence-electron chi connectivity index (χ1n) is 13.0. The molecule has 6 rings (SSSR count). The number of esters is 1. The second-order valence-electron chi connectivity index (χ2n) is 10.8. The van der Waals surface area contributed by atoms with Crippen molar-refractivity contribution in [3.05, 3.63) is 54.1 Å². The second kappa shape index (κ2) is 10.0. The molecule has 4 aliphatic rings. The van der Waals surface area contributed by atoms with Crippen LogP contribution >= 0.6 is 0 Å². The number of nitrogens with one attached hydrogen (secondary N) is 1. The van der Waals surface area contributed by atoms with Crippen LogP contribution in [-0.2, 0) is 9.53 Å². The summed E-state index contributed by atoms with van der Waals surface area (Å²) < 4.78 is 10.8. The number of aliphatic hydroxyl groups excluding tert-OH is 1. The lowest BCUT2D eigenvalue weighted by atomic mass is 9.48. The molecular formula is C29H35NO5. The zero-order valence-electron chi connectivity index (χ0n) is 20.4. The number of hydrogen-bond donors (Lipinski definition) is 2. The van der Waals surface area contributed by atoms with Gasteiger partial charge in [0.1, 0.15) is 17.6 Å². The van der Waals surface area contributed by atoms with E-state index in [0.29, 0.717) is 41.2 Å². The minimum atomic E-state index is -0.989. The Balaban J connectivity index is 1.10. The summed E-state index contributed by atoms with van der Waals surface area (Å²) in [5.74, 6) is 3.12. The van der Waals surface area contributed by atoms with Gasteiger partial charge in [0.25, 0.3) is 5.91 Å². The molecule has 4 saturated carbocycles. The number of carbonyl (C=O) groups excluding carboxylic acids is 2. The van der Waals surface area contributed by atoms with Crippen LogP contribution in [0.25, 0.3) is 0 Å². The van der Waals surface area contributed by atoms with Crippen molar-refractivity contribution in [2.75, 3.05) is 11.9 Å². The summed E-state index contributed by atoms with van der Waals surface area (Å²) in [6, 6.07) is 13.8. The Hall–Kier alpha value is -2.86. The van der Waals surface area contributed by atoms with Crippen molar-refractivity contribution >= 4 is 17.6 Å². The summed E-state index contributed by atoms with van der Waals surface area (Å²) in [7, 11) is 0. The van der Waals surface area contributed by atoms with Crippen LogP contribution < -0.4 is 10.1 Å². The molecule has 0 saturated heterocycles. The average Bonchev–Trinajstić information content (AvgIpc) is 2.83. The third-order valence-electron chi connectivity index (χ3n) is 8.14. The van der Waals surface area contributed by atoms with Gasteiger partial charge in [-0.2, -0.15) is 0 Å². The SMILES string of the molecule is CCOC(=O)c1ccc(Oc2ccc(NC(=O)C(O)CCC34CC5CC(CC(C5)C3)C4)cc2)cc1. The van der Waals surface area contributed by atoms with Gasteiger partial charge >= 0.3 is 5.97 Å². The predicted molar refractivity (Wildman–Crippen MR) is 133 cm³/mol. The van der Waals surface area contributed by atoms with E-state index in [2.05, 4.69) is 5.32 Å². The van der Waals surface area contributed by atoms with E-state index in [1.165, 1.54) is 38.5 Å². The molecular weight excluding hydrogens is 442 g/mol. The molecule has 0 radical (unpaired) electrons. The predicted octanol–water partition coefficient (Wildman–Crippen LogP) is 5.95. The molecule has 0 aliphatic heterocycles. The minimum absolute atomic E-state index is 0.332. The Bertz CT molecular complexity index is 1010. The van der Waals surface area contributed by atoms with E-state index in [9.17, 15) is 14.7 Å². The lowest BCUT2D eigenvalue weighted by Gasteiger charge is -2.57. The number of aliphatic hydroxyl groups is 1. The van der Waals surface area contributed by atoms with Crippen molar-refractivity contribution in [1.82, 2.24) is 0 Å². The van der Waals surface area contributed by atoms with Crippen LogP contribution in [0.1, 0.15) is 68.6 Å². The van der Waals surface area contributed by atoms with E-state index in [4.69, 9.17) is 9.47 Å². The Morgan fingerprint density at radius 2 is 1.49 bits per heavy atom. The highest BCUT2D eigenvalue weighted by molar-refractivity contribution is 5.94. The van der Waals surface area contributed by atoms with Crippen molar-refractivity contribution < 1.29 is 24.2 Å². The number of hydrogen-bond acceptors (Lipinski definition) is 5. The summed E-state index contributed by atoms with van der Waals surface area (Å²) >= 11 is 0. The third-order valence-corrected chi connectivity index (χ3v) is 8.14. The smallest absolute Gasteiger partial charge is 0.338 e. The third kappa shape index (κ3) is 5.53. The van der Waals surface area contributed by atoms with E-state index in [-0.39, 0.29) is 11.9 Å². The monoisotopic (exact) mass is 477 g/mol. The fraction of sp³-hybridized carbons (Fsp3) is 0.517. The summed E-state index contributed by atoms with van der Waals surface area (Å²) in [5, 5.41) is 13.4. The van der Waals surface area contributed by atoms with E-state index >= 15 is 0 Å². The molecule has 186 valence electrons. The molecule has 2 N–H and O–H groups in total. The normalized spacial score (nSPS) is 27.3. The molecule has 0 aromatic heterocycles. The first-order chi connectivity index (χ1) is 16.9. The molecule has 1 unspecified atom stereocenters. The highest BCUT2D eigenvalue weighted by atomic mass is 16.5. The van der Waals surface area contributed by atoms with Crippen molar-refractivity contribution in [1.29, 1.82) is 0 Å². The van der Waals surface area contributed by atoms with Gasteiger partial charge in [0.05, 0.1) is 12.2 Å². The van der Waals surface area contributed by atoms with E-state index in [0.717, 1.165) is 24.2 Å². The number of benzene rings is 2. The summed E-state index contributed by atoms with van der Waals surface area (Å²) in [6.07, 6.45) is 8.58. The van der Waals surface area contributed by atoms with Gasteiger partial charge in [0.2, 0.25) is 0 Å². The maximum Gasteiger partial charge on any atom is 0.338 e. The lowest BCUT2D eigenvalue weighted by molar-refractivity contribution is -0.125. The van der Waals surface area contributed by atoms with Gasteiger partial charge in [-0.05, 0) is 130 Å². The van der Waals surface area contributed by atoms with E-state index in [1.54, 1.807) is 55.5 Å². The molecule has 1 atom stereocenters. The lowest BCUT2D eigenvalue weighted by Crippen LogP contribution is -2.46. The topological polar surface area (TPSA) is 84.9 Å². The molecule has 4 aliphatic carbocycles. The standard InChI is InChI=1S/C29H35NO5/c1-2-34-28(33)22-3-7-24(8-4-22)35-25-9-5-23(6-10-25)30-27(32)26(31)11-12-29-16-19-13-20(17-29)15-21(14-19)18-29/h3-10,19-21,26,31H,2,11-18H2,1H3,(H,30,32). The number of carbonyl (C=O) groups is 2. The second-order valence-corrected chi connectivity index (χ2v) is 10.8. The molecule has 6 nitrogen and oxygen atoms in total. The van der Waals surface area contributed by atoms with Crippen LogP contribution in [0.4, 0.5) is 5.69 Å². The maximum absolute atomic E-state index is 12.6. The zero-order chi connectivity index (χ0) is 24.4. The molecule has 2 aromatic rings. The quantitative estimate of drug-likeness (QED) is 0.436. The van der Waals surface area contributed by atoms with Crippen molar-refractivity contribution in [3.63, 3.8) is 0 Å². The van der Waals surface area contributed by atoms with Crippen LogP contribution in [0.15, 0.2) is 48.5 Å². The maximum atomic E-state index is 12.6. The van der Waals surface area contributed by atoms with Crippen LogP contribution in [0.2, 0.25) is 0 Å². The first-order valence-corrected chi connectivity index (χ1v) is 13.0. The highest BCUT2D eigenvalue weighted by Crippen LogP contribution is 2.61. The van der Waals surface area contributed by atoms with Crippen molar-refractivity contribution in [2.45, 2.75) is 64.4 Å². The average molecular weight is 478 g/mol. The summed E-state index contributed by atoms with van der Waals surface area (Å²) in [5.41, 5.74) is 1.46. The molecule has 0 heterocycles. The minimum Gasteiger partial charge on any atom is -0.462 e. The molecule has 2 aromatic carbocycles. The van der Waals surface area contributed by atoms with Gasteiger partial charge in [-0.15, -0.1) is 0 Å². The van der Waals surface area contributed by atoms with Gasteiger partial charge in [-0.1, -0.05) is 0 Å². The molecule has 35 heavy (non-hydrogen) atoms. The van der Waals surface area contributed by atoms with Crippen LogP contribution in [-0.4, -0.2) is 29.7 Å². The summed E-state index contributed by atoms with van der Waals surface area (Å²) in [4.78, 5) is 24.4. The fourth-order valence-electron chi connectivity index (χ4n) is 7.01. The van der Waals surface area contributed by atoms with Crippen LogP contribution in [0.3, 0.4) is 0 Å². The van der Waals surface area contributed by atoms with Gasteiger partial charge in [0, 0.05) is 5.69 Å². The van der Waals surface area contributed by atoms with Gasteiger partial charge in [-0.25, -0.2) is 4.79 Å². The number of anilines is 1. The summed E-state index contributed by atoms with van der Waals surface area (Å²) in [6.45, 7) is 2.10. The Morgan fingerprint density at radius 1 is 0.943 bits per heavy atom. The molecule has 1 amide bonds. The number of ether oxygens (including phenoxy) is 2. The Kier molecular flexibility index (Phi) is 6.83. The Labute approximate surface area is 207 Å². The Morgan fingerprint density at radius 3 is 2.03 bits per heavy atom. The van der Waals surface area contributed by atoms with E-state index in [1.807, 2.05) is 0 Å². The molecule has 4 bridgehead atoms. The van der Waals surface area contributed by atoms with Crippen LogP contribution in [0, 0.1) is 23.2 Å². The first kappa shape index (κ1) is 23.9. The molecule has 6 heteroatoms. The highest BCUT2D eigenvalue weighted by Gasteiger charge is 2.50. The molecule has 4 fully saturated rings. The van der Waals surface area contributed by atoms with Gasteiger partial charge in [-0.3, -0.25) is 4.79 Å². The number of amides is 1.